The summed E-state index contributed by atoms with van der Waals surface area (Å²) in [4.78, 5) is 2.54. The molecule has 0 N–H and O–H groups in total. The molecule has 0 amide bonds. The van der Waals surface area contributed by atoms with E-state index in [0.717, 1.165) is 29.0 Å². The number of rotatable bonds is 4. The molecule has 2 spiro atoms. The predicted molar refractivity (Wildman–Crippen MR) is 242 cm³/mol. The van der Waals surface area contributed by atoms with Crippen molar-refractivity contribution in [3.05, 3.63) is 161 Å². The third-order valence-corrected chi connectivity index (χ3v) is 17.8. The van der Waals surface area contributed by atoms with Gasteiger partial charge in [-0.05, 0) is 159 Å². The summed E-state index contributed by atoms with van der Waals surface area (Å²) in [6, 6.07) is 49.1. The van der Waals surface area contributed by atoms with Crippen molar-refractivity contribution in [1.82, 2.24) is 0 Å². The average molecular weight is 770 g/mol. The predicted octanol–water partition coefficient (Wildman–Crippen LogP) is 14.9. The zero-order valence-electron chi connectivity index (χ0n) is 35.5. The van der Waals surface area contributed by atoms with Crippen LogP contribution in [0.2, 0.25) is 0 Å². The smallest absolute Gasteiger partial charge is 0.133 e. The van der Waals surface area contributed by atoms with Crippen molar-refractivity contribution in [3.63, 3.8) is 0 Å². The molecule has 294 valence electrons. The van der Waals surface area contributed by atoms with Crippen LogP contribution in [0.3, 0.4) is 0 Å². The first kappa shape index (κ1) is 34.8. The molecular formula is C57H55NO. The van der Waals surface area contributed by atoms with E-state index in [-0.39, 0.29) is 21.7 Å². The lowest BCUT2D eigenvalue weighted by Gasteiger charge is -2.77. The van der Waals surface area contributed by atoms with Crippen molar-refractivity contribution in [2.45, 2.75) is 102 Å². The maximum absolute atomic E-state index is 7.30. The van der Waals surface area contributed by atoms with Gasteiger partial charge in [0.25, 0.3) is 0 Å². The molecule has 0 radical (unpaired) electrons. The molecule has 4 saturated carbocycles. The van der Waals surface area contributed by atoms with Gasteiger partial charge in [0.05, 0.1) is 0 Å². The van der Waals surface area contributed by atoms with Crippen molar-refractivity contribution in [3.8, 4) is 33.8 Å². The summed E-state index contributed by atoms with van der Waals surface area (Å²) >= 11 is 0. The lowest BCUT2D eigenvalue weighted by Crippen LogP contribution is -2.74. The summed E-state index contributed by atoms with van der Waals surface area (Å²) in [5, 5.41) is 0. The highest BCUT2D eigenvalue weighted by molar-refractivity contribution is 5.86. The van der Waals surface area contributed by atoms with E-state index in [1.807, 2.05) is 0 Å². The first-order valence-electron chi connectivity index (χ1n) is 22.6. The van der Waals surface area contributed by atoms with Crippen LogP contribution in [0.25, 0.3) is 22.3 Å². The molecule has 0 saturated heterocycles. The molecule has 1 heterocycles. The molecule has 2 nitrogen and oxygen atoms in total. The third-order valence-electron chi connectivity index (χ3n) is 17.8. The highest BCUT2D eigenvalue weighted by Crippen LogP contribution is 2.89. The Labute approximate surface area is 350 Å². The molecule has 7 aliphatic rings. The lowest BCUT2D eigenvalue weighted by molar-refractivity contribution is -0.235. The molecule has 6 aromatic carbocycles. The van der Waals surface area contributed by atoms with Crippen LogP contribution in [0.4, 0.5) is 17.1 Å². The quantitative estimate of drug-likeness (QED) is 0.177. The van der Waals surface area contributed by atoms with Gasteiger partial charge in [0, 0.05) is 45.1 Å². The van der Waals surface area contributed by atoms with Crippen LogP contribution in [0.15, 0.2) is 127 Å². The topological polar surface area (TPSA) is 12.5 Å². The molecule has 6 aliphatic carbocycles. The van der Waals surface area contributed by atoms with Gasteiger partial charge in [0.1, 0.15) is 11.5 Å². The zero-order chi connectivity index (χ0) is 39.8. The van der Waals surface area contributed by atoms with E-state index in [2.05, 4.69) is 174 Å². The molecule has 6 atom stereocenters. The van der Waals surface area contributed by atoms with E-state index in [0.29, 0.717) is 17.3 Å². The fraction of sp³-hybridized carbons (Fsp3) is 0.368. The van der Waals surface area contributed by atoms with Gasteiger partial charge in [-0.1, -0.05) is 126 Å². The molecule has 13 rings (SSSR count). The van der Waals surface area contributed by atoms with E-state index in [1.165, 1.54) is 106 Å². The van der Waals surface area contributed by atoms with Gasteiger partial charge >= 0.3 is 0 Å². The fourth-order valence-corrected chi connectivity index (χ4v) is 15.1. The number of nitrogens with zero attached hydrogens (tertiary/aromatic N) is 1. The Morgan fingerprint density at radius 1 is 0.492 bits per heavy atom. The van der Waals surface area contributed by atoms with Crippen molar-refractivity contribution in [2.75, 3.05) is 4.90 Å². The van der Waals surface area contributed by atoms with Gasteiger partial charge in [0.15, 0.2) is 0 Å². The normalized spacial score (nSPS) is 29.5. The zero-order valence-corrected chi connectivity index (χ0v) is 35.5. The number of hydrogen-bond donors (Lipinski definition) is 0. The lowest BCUT2D eigenvalue weighted by atomic mass is 9.26. The maximum atomic E-state index is 7.30. The van der Waals surface area contributed by atoms with Crippen LogP contribution in [-0.2, 0) is 21.7 Å². The minimum atomic E-state index is -0.0948. The second-order valence-corrected chi connectivity index (χ2v) is 21.7. The van der Waals surface area contributed by atoms with E-state index in [1.54, 1.807) is 0 Å². The molecule has 6 unspecified atom stereocenters. The highest BCUT2D eigenvalue weighted by Gasteiger charge is 2.84. The first-order chi connectivity index (χ1) is 28.4. The summed E-state index contributed by atoms with van der Waals surface area (Å²) in [6.07, 6.45) is 8.06. The summed E-state index contributed by atoms with van der Waals surface area (Å²) in [6.45, 7) is 14.6. The van der Waals surface area contributed by atoms with E-state index >= 15 is 0 Å². The van der Waals surface area contributed by atoms with Crippen molar-refractivity contribution < 1.29 is 4.74 Å². The van der Waals surface area contributed by atoms with Crippen LogP contribution in [0, 0.1) is 29.1 Å². The van der Waals surface area contributed by atoms with Gasteiger partial charge in [-0.25, -0.2) is 0 Å². The Kier molecular flexibility index (Phi) is 6.59. The van der Waals surface area contributed by atoms with Gasteiger partial charge < -0.3 is 9.64 Å². The van der Waals surface area contributed by atoms with Crippen LogP contribution in [-0.4, -0.2) is 0 Å². The number of hydrogen-bond acceptors (Lipinski definition) is 2. The molecule has 1 aliphatic heterocycles. The SMILES string of the molecule is CC1(C)CCC(C)(C)c2cc(N(c3ccc4c(c3)Oc3cc(-c5ccccc5)ccc3C43C4CC5CC6CC3C64C5)c3ccc4c(c3)C(C)(C)c3ccccc3-4)ccc21. The van der Waals surface area contributed by atoms with E-state index in [4.69, 9.17) is 4.74 Å². The number of benzene rings is 6. The Balaban J connectivity index is 1.01. The van der Waals surface area contributed by atoms with Gasteiger partial charge in [-0.2, -0.15) is 0 Å². The third kappa shape index (κ3) is 4.24. The molecule has 2 heteroatoms. The van der Waals surface area contributed by atoms with Crippen molar-refractivity contribution in [1.29, 1.82) is 0 Å². The monoisotopic (exact) mass is 769 g/mol. The van der Waals surface area contributed by atoms with Crippen LogP contribution in [0.1, 0.15) is 113 Å². The summed E-state index contributed by atoms with van der Waals surface area (Å²) in [5.74, 6) is 5.36. The molecule has 4 fully saturated rings. The average Bonchev–Trinajstić information content (AvgIpc) is 3.85. The molecule has 59 heavy (non-hydrogen) atoms. The number of anilines is 3. The maximum Gasteiger partial charge on any atom is 0.133 e. The van der Waals surface area contributed by atoms with E-state index in [9.17, 15) is 0 Å². The standard InChI is InChI=1S/C57H55NO/c1-53(2)24-25-54(3,4)48-31-39(18-22-44(48)53)58(38-17-20-42-41-14-10-11-15-43(41)55(5,6)47(42)30-38)40-19-23-46-50(32-40)59-49-28-36(35-12-8-7-9-13-35)16-21-45(49)57(46)51-27-34-26-37-29-52(57)56(37,51)33-34/h7-23,28,30-32,34,37,51-52H,24-27,29,33H2,1-6H3. The second kappa shape index (κ2) is 11.2. The number of ether oxygens (including phenoxy) is 1. The van der Waals surface area contributed by atoms with Gasteiger partial charge in [-0.3, -0.25) is 0 Å². The Bertz CT molecular complexity index is 2790. The van der Waals surface area contributed by atoms with Crippen molar-refractivity contribution >= 4 is 17.1 Å². The van der Waals surface area contributed by atoms with E-state index < -0.39 is 0 Å². The van der Waals surface area contributed by atoms with Crippen LogP contribution in [0.5, 0.6) is 11.5 Å². The first-order valence-corrected chi connectivity index (χ1v) is 22.6. The van der Waals surface area contributed by atoms with Gasteiger partial charge in [0.2, 0.25) is 0 Å². The summed E-state index contributed by atoms with van der Waals surface area (Å²) in [7, 11) is 0. The largest absolute Gasteiger partial charge is 0.457 e. The molecule has 0 aromatic heterocycles. The Hall–Kier alpha value is -5.08. The Morgan fingerprint density at radius 2 is 1.10 bits per heavy atom. The molecule has 2 bridgehead atoms. The van der Waals surface area contributed by atoms with Crippen LogP contribution >= 0.6 is 0 Å². The van der Waals surface area contributed by atoms with Crippen LogP contribution < -0.4 is 9.64 Å². The fourth-order valence-electron chi connectivity index (χ4n) is 15.1. The summed E-state index contributed by atoms with van der Waals surface area (Å²) in [5.41, 5.74) is 18.2. The molecule has 6 aromatic rings. The highest BCUT2D eigenvalue weighted by atomic mass is 16.5. The van der Waals surface area contributed by atoms with Gasteiger partial charge in [-0.15, -0.1) is 0 Å². The Morgan fingerprint density at radius 3 is 1.88 bits per heavy atom. The van der Waals surface area contributed by atoms with Crippen molar-refractivity contribution in [2.24, 2.45) is 29.1 Å². The minimum Gasteiger partial charge on any atom is -0.457 e. The second-order valence-electron chi connectivity index (χ2n) is 21.7. The molecular weight excluding hydrogens is 715 g/mol. The number of fused-ring (bicyclic) bond motifs is 11. The summed E-state index contributed by atoms with van der Waals surface area (Å²) < 4.78 is 7.30. The minimum absolute atomic E-state index is 0.0258.